The Balaban J connectivity index is 2.21. The molecule has 0 heterocycles. The zero-order valence-electron chi connectivity index (χ0n) is 10.1. The quantitative estimate of drug-likeness (QED) is 0.656. The van der Waals surface area contributed by atoms with Gasteiger partial charge in [-0.3, -0.25) is 10.1 Å². The standard InChI is InChI=1S/C13H11BrN2O2S/c1-15-10-6-9(14)7-13(8-10)19-12-4-2-11(3-5-12)16(17)18/h2-8,15H,1H3. The van der Waals surface area contributed by atoms with Crippen LogP contribution >= 0.6 is 27.7 Å². The average Bonchev–Trinajstić information content (AvgIpc) is 2.38. The maximum Gasteiger partial charge on any atom is 0.269 e. The second-order valence-electron chi connectivity index (χ2n) is 3.78. The van der Waals surface area contributed by atoms with E-state index in [-0.39, 0.29) is 5.69 Å². The highest BCUT2D eigenvalue weighted by Crippen LogP contribution is 2.32. The molecule has 19 heavy (non-hydrogen) atoms. The fourth-order valence-electron chi connectivity index (χ4n) is 1.54. The molecule has 0 fully saturated rings. The molecule has 2 aromatic rings. The molecule has 0 atom stereocenters. The number of hydrogen-bond acceptors (Lipinski definition) is 4. The lowest BCUT2D eigenvalue weighted by atomic mass is 10.3. The van der Waals surface area contributed by atoms with Crippen LogP contribution in [0.1, 0.15) is 0 Å². The molecule has 0 aliphatic rings. The van der Waals surface area contributed by atoms with Gasteiger partial charge in [0.1, 0.15) is 0 Å². The zero-order chi connectivity index (χ0) is 13.8. The van der Waals surface area contributed by atoms with Crippen molar-refractivity contribution >= 4 is 39.1 Å². The number of benzene rings is 2. The summed E-state index contributed by atoms with van der Waals surface area (Å²) in [6.07, 6.45) is 0. The van der Waals surface area contributed by atoms with Gasteiger partial charge in [-0.15, -0.1) is 0 Å². The van der Waals surface area contributed by atoms with Gasteiger partial charge in [-0.1, -0.05) is 27.7 Å². The highest BCUT2D eigenvalue weighted by Gasteiger charge is 2.05. The molecule has 0 aromatic heterocycles. The molecule has 1 N–H and O–H groups in total. The lowest BCUT2D eigenvalue weighted by Crippen LogP contribution is -1.88. The second kappa shape index (κ2) is 6.08. The molecule has 0 aliphatic carbocycles. The molecule has 4 nitrogen and oxygen atoms in total. The molecule has 0 amide bonds. The van der Waals surface area contributed by atoms with Gasteiger partial charge in [0.05, 0.1) is 4.92 Å². The van der Waals surface area contributed by atoms with E-state index in [0.717, 1.165) is 20.0 Å². The van der Waals surface area contributed by atoms with Crippen LogP contribution in [0.25, 0.3) is 0 Å². The van der Waals surface area contributed by atoms with Crippen LogP contribution in [0.4, 0.5) is 11.4 Å². The minimum absolute atomic E-state index is 0.106. The molecule has 0 aliphatic heterocycles. The molecular weight excluding hydrogens is 328 g/mol. The van der Waals surface area contributed by atoms with Gasteiger partial charge < -0.3 is 5.32 Å². The number of rotatable bonds is 4. The maximum absolute atomic E-state index is 10.6. The van der Waals surface area contributed by atoms with Gasteiger partial charge in [0.15, 0.2) is 0 Å². The van der Waals surface area contributed by atoms with E-state index in [9.17, 15) is 10.1 Å². The van der Waals surface area contributed by atoms with E-state index >= 15 is 0 Å². The predicted molar refractivity (Wildman–Crippen MR) is 80.9 cm³/mol. The van der Waals surface area contributed by atoms with Crippen molar-refractivity contribution in [1.29, 1.82) is 0 Å². The number of nitro benzene ring substituents is 1. The molecule has 0 spiro atoms. The van der Waals surface area contributed by atoms with E-state index < -0.39 is 4.92 Å². The Morgan fingerprint density at radius 3 is 2.42 bits per heavy atom. The Morgan fingerprint density at radius 2 is 1.84 bits per heavy atom. The zero-order valence-corrected chi connectivity index (χ0v) is 12.5. The van der Waals surface area contributed by atoms with E-state index in [1.807, 2.05) is 25.2 Å². The van der Waals surface area contributed by atoms with Gasteiger partial charge >= 0.3 is 0 Å². The van der Waals surface area contributed by atoms with E-state index in [1.165, 1.54) is 12.1 Å². The summed E-state index contributed by atoms with van der Waals surface area (Å²) >= 11 is 5.01. The van der Waals surface area contributed by atoms with Crippen LogP contribution in [0.15, 0.2) is 56.7 Å². The van der Waals surface area contributed by atoms with Crippen LogP contribution in [0, 0.1) is 10.1 Å². The van der Waals surface area contributed by atoms with Crippen molar-refractivity contribution in [1.82, 2.24) is 0 Å². The Morgan fingerprint density at radius 1 is 1.16 bits per heavy atom. The molecule has 0 unspecified atom stereocenters. The van der Waals surface area contributed by atoms with E-state index in [2.05, 4.69) is 21.2 Å². The van der Waals surface area contributed by atoms with E-state index in [4.69, 9.17) is 0 Å². The van der Waals surface area contributed by atoms with Gasteiger partial charge in [-0.2, -0.15) is 0 Å². The Labute approximate surface area is 123 Å². The third-order valence-electron chi connectivity index (χ3n) is 2.44. The van der Waals surface area contributed by atoms with Crippen LogP contribution < -0.4 is 5.32 Å². The minimum Gasteiger partial charge on any atom is -0.388 e. The van der Waals surface area contributed by atoms with Crippen LogP contribution in [-0.4, -0.2) is 12.0 Å². The first-order valence-electron chi connectivity index (χ1n) is 5.49. The molecule has 0 radical (unpaired) electrons. The van der Waals surface area contributed by atoms with Crippen molar-refractivity contribution in [3.8, 4) is 0 Å². The normalized spacial score (nSPS) is 10.2. The summed E-state index contributed by atoms with van der Waals surface area (Å²) in [4.78, 5) is 12.2. The highest BCUT2D eigenvalue weighted by atomic mass is 79.9. The maximum atomic E-state index is 10.6. The summed E-state index contributed by atoms with van der Waals surface area (Å²) in [6.45, 7) is 0. The molecule has 0 bridgehead atoms. The second-order valence-corrected chi connectivity index (χ2v) is 5.84. The fourth-order valence-corrected chi connectivity index (χ4v) is 3.10. The molecule has 2 aromatic carbocycles. The SMILES string of the molecule is CNc1cc(Br)cc(Sc2ccc([N+](=O)[O-])cc2)c1. The van der Waals surface area contributed by atoms with Crippen LogP contribution in [0.2, 0.25) is 0 Å². The average molecular weight is 339 g/mol. The summed E-state index contributed by atoms with van der Waals surface area (Å²) in [5, 5.41) is 13.7. The summed E-state index contributed by atoms with van der Waals surface area (Å²) < 4.78 is 0.990. The van der Waals surface area contributed by atoms with Crippen molar-refractivity contribution in [3.63, 3.8) is 0 Å². The predicted octanol–water partition coefficient (Wildman–Crippen LogP) is 4.55. The molecule has 98 valence electrons. The summed E-state index contributed by atoms with van der Waals surface area (Å²) in [7, 11) is 1.86. The van der Waals surface area contributed by atoms with Gasteiger partial charge in [0.2, 0.25) is 0 Å². The minimum atomic E-state index is -0.396. The number of nitro groups is 1. The van der Waals surface area contributed by atoms with Crippen molar-refractivity contribution < 1.29 is 4.92 Å². The van der Waals surface area contributed by atoms with Gasteiger partial charge in [-0.05, 0) is 30.3 Å². The van der Waals surface area contributed by atoms with Gasteiger partial charge in [-0.25, -0.2) is 0 Å². The third kappa shape index (κ3) is 3.71. The Kier molecular flexibility index (Phi) is 4.44. The molecule has 2 rings (SSSR count). The van der Waals surface area contributed by atoms with Crippen molar-refractivity contribution in [2.45, 2.75) is 9.79 Å². The first kappa shape index (κ1) is 13.9. The molecular formula is C13H11BrN2O2S. The monoisotopic (exact) mass is 338 g/mol. The fraction of sp³-hybridized carbons (Fsp3) is 0.0769. The molecule has 6 heteroatoms. The van der Waals surface area contributed by atoms with Crippen LogP contribution in [0.3, 0.4) is 0 Å². The molecule has 0 saturated carbocycles. The summed E-state index contributed by atoms with van der Waals surface area (Å²) in [5.41, 5.74) is 1.12. The topological polar surface area (TPSA) is 55.2 Å². The number of anilines is 1. The highest BCUT2D eigenvalue weighted by molar-refractivity contribution is 9.10. The van der Waals surface area contributed by atoms with E-state index in [1.54, 1.807) is 23.9 Å². The largest absolute Gasteiger partial charge is 0.388 e. The first-order chi connectivity index (χ1) is 9.08. The van der Waals surface area contributed by atoms with Crippen LogP contribution in [0.5, 0.6) is 0 Å². The third-order valence-corrected chi connectivity index (χ3v) is 3.88. The summed E-state index contributed by atoms with van der Waals surface area (Å²) in [5.74, 6) is 0. The number of nitrogens with zero attached hydrogens (tertiary/aromatic N) is 1. The number of nitrogens with one attached hydrogen (secondary N) is 1. The van der Waals surface area contributed by atoms with Gasteiger partial charge in [0.25, 0.3) is 5.69 Å². The lowest BCUT2D eigenvalue weighted by Gasteiger charge is -2.06. The first-order valence-corrected chi connectivity index (χ1v) is 7.10. The van der Waals surface area contributed by atoms with Crippen molar-refractivity contribution in [2.75, 3.05) is 12.4 Å². The Bertz CT molecular complexity index is 602. The van der Waals surface area contributed by atoms with Crippen molar-refractivity contribution in [3.05, 3.63) is 57.1 Å². The number of non-ortho nitro benzene ring substituents is 1. The van der Waals surface area contributed by atoms with Gasteiger partial charge in [0, 0.05) is 39.1 Å². The summed E-state index contributed by atoms with van der Waals surface area (Å²) in [6, 6.07) is 12.5. The number of hydrogen-bond donors (Lipinski definition) is 1. The smallest absolute Gasteiger partial charge is 0.269 e. The molecule has 0 saturated heterocycles. The van der Waals surface area contributed by atoms with Crippen molar-refractivity contribution in [2.24, 2.45) is 0 Å². The Hall–Kier alpha value is -1.53. The lowest BCUT2D eigenvalue weighted by molar-refractivity contribution is -0.384. The van der Waals surface area contributed by atoms with E-state index in [0.29, 0.717) is 0 Å². The number of halogens is 1. The van der Waals surface area contributed by atoms with Crippen LogP contribution in [-0.2, 0) is 0 Å².